The molecule has 7 heteroatoms. The maximum absolute atomic E-state index is 13.8. The Balaban J connectivity index is 2.29. The molecule has 0 saturated heterocycles. The number of nitro benzene ring substituents is 1. The summed E-state index contributed by atoms with van der Waals surface area (Å²) >= 11 is 2.95. The van der Waals surface area contributed by atoms with Crippen molar-refractivity contribution >= 4 is 21.6 Å². The van der Waals surface area contributed by atoms with E-state index < -0.39 is 23.2 Å². The molecule has 0 aliphatic rings. The second kappa shape index (κ2) is 6.17. The molecule has 0 unspecified atom stereocenters. The number of rotatable bonds is 4. The van der Waals surface area contributed by atoms with Crippen molar-refractivity contribution in [3.63, 3.8) is 0 Å². The zero-order valence-electron chi connectivity index (χ0n) is 10.9. The molecule has 2 aromatic carbocycles. The fourth-order valence-electron chi connectivity index (χ4n) is 1.74. The van der Waals surface area contributed by atoms with Gasteiger partial charge in [0.1, 0.15) is 18.2 Å². The minimum Gasteiger partial charge on any atom is -0.482 e. The lowest BCUT2D eigenvalue weighted by atomic mass is 10.2. The first kappa shape index (κ1) is 15.4. The summed E-state index contributed by atoms with van der Waals surface area (Å²) in [6, 6.07) is 6.69. The third-order valence-electron chi connectivity index (χ3n) is 2.82. The van der Waals surface area contributed by atoms with Crippen LogP contribution in [0.15, 0.2) is 34.8 Å². The van der Waals surface area contributed by atoms with Gasteiger partial charge in [-0.15, -0.1) is 0 Å². The van der Waals surface area contributed by atoms with Crippen LogP contribution in [0.25, 0.3) is 0 Å². The lowest BCUT2D eigenvalue weighted by Gasteiger charge is -2.09. The van der Waals surface area contributed by atoms with Gasteiger partial charge in [-0.05, 0) is 46.6 Å². The first-order chi connectivity index (χ1) is 9.90. The molecule has 0 N–H and O–H groups in total. The van der Waals surface area contributed by atoms with Crippen LogP contribution in [0, 0.1) is 28.7 Å². The van der Waals surface area contributed by atoms with Crippen LogP contribution in [0.3, 0.4) is 0 Å². The van der Waals surface area contributed by atoms with Gasteiger partial charge >= 0.3 is 5.69 Å². The molecule has 0 fully saturated rings. The molecule has 0 amide bonds. The third-order valence-corrected chi connectivity index (χ3v) is 3.43. The standard InChI is InChI=1S/C14H10BrF2NO3/c1-8-2-5-13(12(6-8)18(19)20)21-7-9-11(16)4-3-10(15)14(9)17/h2-6H,7H2,1H3. The summed E-state index contributed by atoms with van der Waals surface area (Å²) in [4.78, 5) is 10.3. The summed E-state index contributed by atoms with van der Waals surface area (Å²) in [6.45, 7) is 1.26. The van der Waals surface area contributed by atoms with E-state index in [4.69, 9.17) is 4.74 Å². The molecule has 0 radical (unpaired) electrons. The highest BCUT2D eigenvalue weighted by atomic mass is 79.9. The highest BCUT2D eigenvalue weighted by Gasteiger charge is 2.18. The summed E-state index contributed by atoms with van der Waals surface area (Å²) in [7, 11) is 0. The smallest absolute Gasteiger partial charge is 0.311 e. The molecule has 2 rings (SSSR count). The predicted octanol–water partition coefficient (Wildman–Crippen LogP) is 4.52. The average molecular weight is 358 g/mol. The number of halogens is 3. The molecule has 0 atom stereocenters. The molecule has 2 aromatic rings. The van der Waals surface area contributed by atoms with Crippen LogP contribution in [-0.4, -0.2) is 4.92 Å². The monoisotopic (exact) mass is 357 g/mol. The largest absolute Gasteiger partial charge is 0.482 e. The quantitative estimate of drug-likeness (QED) is 0.459. The molecular formula is C14H10BrF2NO3. The van der Waals surface area contributed by atoms with Gasteiger partial charge in [0.15, 0.2) is 5.75 Å². The zero-order valence-corrected chi connectivity index (χ0v) is 12.5. The molecule has 0 spiro atoms. The van der Waals surface area contributed by atoms with Crippen molar-refractivity contribution in [1.82, 2.24) is 0 Å². The van der Waals surface area contributed by atoms with E-state index in [-0.39, 0.29) is 21.5 Å². The third kappa shape index (κ3) is 3.36. The van der Waals surface area contributed by atoms with E-state index in [9.17, 15) is 18.9 Å². The average Bonchev–Trinajstić information content (AvgIpc) is 2.44. The number of ether oxygens (including phenoxy) is 1. The zero-order chi connectivity index (χ0) is 15.6. The Labute approximate surface area is 127 Å². The van der Waals surface area contributed by atoms with Gasteiger partial charge in [0.25, 0.3) is 0 Å². The van der Waals surface area contributed by atoms with Crippen molar-refractivity contribution in [2.24, 2.45) is 0 Å². The summed E-state index contributed by atoms with van der Waals surface area (Å²) < 4.78 is 32.7. The second-order valence-corrected chi connectivity index (χ2v) is 5.19. The number of nitro groups is 1. The number of benzene rings is 2. The van der Waals surface area contributed by atoms with Crippen LogP contribution in [0.5, 0.6) is 5.75 Å². The van der Waals surface area contributed by atoms with Crippen molar-refractivity contribution in [2.45, 2.75) is 13.5 Å². The molecule has 0 bridgehead atoms. The Kier molecular flexibility index (Phi) is 4.52. The van der Waals surface area contributed by atoms with Crippen molar-refractivity contribution in [3.05, 3.63) is 67.7 Å². The fourth-order valence-corrected chi connectivity index (χ4v) is 2.11. The Morgan fingerprint density at radius 3 is 2.67 bits per heavy atom. The van der Waals surface area contributed by atoms with E-state index in [1.54, 1.807) is 13.0 Å². The lowest BCUT2D eigenvalue weighted by Crippen LogP contribution is -2.04. The highest BCUT2D eigenvalue weighted by Crippen LogP contribution is 2.29. The maximum Gasteiger partial charge on any atom is 0.311 e. The molecule has 0 aliphatic heterocycles. The van der Waals surface area contributed by atoms with Crippen LogP contribution in [0.2, 0.25) is 0 Å². The minimum atomic E-state index is -0.787. The van der Waals surface area contributed by atoms with Gasteiger partial charge < -0.3 is 4.74 Å². The summed E-state index contributed by atoms with van der Waals surface area (Å²) in [6.07, 6.45) is 0. The van der Waals surface area contributed by atoms with Crippen LogP contribution in [0.4, 0.5) is 14.5 Å². The highest BCUT2D eigenvalue weighted by molar-refractivity contribution is 9.10. The minimum absolute atomic E-state index is 0.0376. The number of hydrogen-bond donors (Lipinski definition) is 0. The molecule has 0 aliphatic carbocycles. The number of hydrogen-bond acceptors (Lipinski definition) is 3. The normalized spacial score (nSPS) is 10.5. The van der Waals surface area contributed by atoms with Gasteiger partial charge in [0.05, 0.1) is 15.0 Å². The first-order valence-corrected chi connectivity index (χ1v) is 6.69. The van der Waals surface area contributed by atoms with E-state index in [2.05, 4.69) is 15.9 Å². The van der Waals surface area contributed by atoms with Crippen LogP contribution in [0.1, 0.15) is 11.1 Å². The van der Waals surface area contributed by atoms with Gasteiger partial charge in [0, 0.05) is 6.07 Å². The maximum atomic E-state index is 13.8. The molecule has 0 aromatic heterocycles. The first-order valence-electron chi connectivity index (χ1n) is 5.90. The molecular weight excluding hydrogens is 348 g/mol. The summed E-state index contributed by atoms with van der Waals surface area (Å²) in [5.74, 6) is -1.60. The van der Waals surface area contributed by atoms with Crippen LogP contribution in [-0.2, 0) is 6.61 Å². The van der Waals surface area contributed by atoms with E-state index in [0.29, 0.717) is 5.56 Å². The van der Waals surface area contributed by atoms with Crippen molar-refractivity contribution in [1.29, 1.82) is 0 Å². The number of aryl methyl sites for hydroxylation is 1. The van der Waals surface area contributed by atoms with Crippen molar-refractivity contribution < 1.29 is 18.4 Å². The van der Waals surface area contributed by atoms with E-state index in [1.165, 1.54) is 18.2 Å². The Morgan fingerprint density at radius 2 is 2.00 bits per heavy atom. The molecule has 21 heavy (non-hydrogen) atoms. The van der Waals surface area contributed by atoms with Gasteiger partial charge in [-0.2, -0.15) is 0 Å². The van der Waals surface area contributed by atoms with E-state index >= 15 is 0 Å². The van der Waals surface area contributed by atoms with Gasteiger partial charge in [-0.3, -0.25) is 10.1 Å². The predicted molar refractivity (Wildman–Crippen MR) is 76.2 cm³/mol. The molecule has 0 saturated carbocycles. The number of nitrogens with zero attached hydrogens (tertiary/aromatic N) is 1. The molecule has 4 nitrogen and oxygen atoms in total. The Morgan fingerprint density at radius 1 is 1.29 bits per heavy atom. The Hall–Kier alpha value is -2.02. The lowest BCUT2D eigenvalue weighted by molar-refractivity contribution is -0.386. The summed E-state index contributed by atoms with van der Waals surface area (Å²) in [5, 5.41) is 10.9. The summed E-state index contributed by atoms with van der Waals surface area (Å²) in [5.41, 5.74) is 0.152. The van der Waals surface area contributed by atoms with Gasteiger partial charge in [-0.1, -0.05) is 6.07 Å². The van der Waals surface area contributed by atoms with Crippen molar-refractivity contribution in [3.8, 4) is 5.75 Å². The Bertz CT molecular complexity index is 707. The topological polar surface area (TPSA) is 52.4 Å². The van der Waals surface area contributed by atoms with Crippen molar-refractivity contribution in [2.75, 3.05) is 0 Å². The SMILES string of the molecule is Cc1ccc(OCc2c(F)ccc(Br)c2F)c([N+](=O)[O-])c1. The van der Waals surface area contributed by atoms with Crippen LogP contribution >= 0.6 is 15.9 Å². The fraction of sp³-hybridized carbons (Fsp3) is 0.143. The second-order valence-electron chi connectivity index (χ2n) is 4.34. The van der Waals surface area contributed by atoms with Crippen LogP contribution < -0.4 is 4.74 Å². The van der Waals surface area contributed by atoms with E-state index in [1.807, 2.05) is 0 Å². The van der Waals surface area contributed by atoms with E-state index in [0.717, 1.165) is 6.07 Å². The van der Waals surface area contributed by atoms with Gasteiger partial charge in [-0.25, -0.2) is 8.78 Å². The van der Waals surface area contributed by atoms with Gasteiger partial charge in [0.2, 0.25) is 0 Å². The molecule has 110 valence electrons. The molecule has 0 heterocycles.